The Kier molecular flexibility index (Phi) is 3.12. The SMILES string of the molecule is CC(C)(C)C1OC1[C@H](O)c1ccccc1Br. The Bertz CT molecular complexity index is 384. The van der Waals surface area contributed by atoms with Crippen molar-refractivity contribution in [1.82, 2.24) is 0 Å². The molecule has 1 aliphatic heterocycles. The summed E-state index contributed by atoms with van der Waals surface area (Å²) in [5, 5.41) is 10.2. The average molecular weight is 285 g/mol. The first-order chi connectivity index (χ1) is 7.41. The summed E-state index contributed by atoms with van der Waals surface area (Å²) >= 11 is 3.45. The number of hydrogen-bond donors (Lipinski definition) is 1. The molecule has 0 radical (unpaired) electrons. The van der Waals surface area contributed by atoms with Gasteiger partial charge in [0, 0.05) is 4.47 Å². The maximum absolute atomic E-state index is 10.2. The zero-order valence-corrected chi connectivity index (χ0v) is 11.4. The summed E-state index contributed by atoms with van der Waals surface area (Å²) < 4.78 is 6.52. The van der Waals surface area contributed by atoms with Gasteiger partial charge in [-0.2, -0.15) is 0 Å². The second kappa shape index (κ2) is 4.13. The van der Waals surface area contributed by atoms with Crippen molar-refractivity contribution in [2.45, 2.75) is 39.1 Å². The molecule has 3 atom stereocenters. The predicted molar refractivity (Wildman–Crippen MR) is 67.2 cm³/mol. The van der Waals surface area contributed by atoms with Crippen LogP contribution in [0.15, 0.2) is 28.7 Å². The average Bonchev–Trinajstić information content (AvgIpc) is 2.96. The van der Waals surface area contributed by atoms with E-state index in [0.29, 0.717) is 0 Å². The van der Waals surface area contributed by atoms with Crippen LogP contribution in [0.25, 0.3) is 0 Å². The van der Waals surface area contributed by atoms with Crippen LogP contribution in [0.3, 0.4) is 0 Å². The van der Waals surface area contributed by atoms with Gasteiger partial charge in [-0.3, -0.25) is 0 Å². The van der Waals surface area contributed by atoms with Crippen LogP contribution in [0.1, 0.15) is 32.4 Å². The fraction of sp³-hybridized carbons (Fsp3) is 0.538. The maximum Gasteiger partial charge on any atom is 0.115 e. The molecule has 0 bridgehead atoms. The Morgan fingerprint density at radius 1 is 1.31 bits per heavy atom. The van der Waals surface area contributed by atoms with Gasteiger partial charge in [0.15, 0.2) is 0 Å². The molecule has 0 saturated carbocycles. The summed E-state index contributed by atoms with van der Waals surface area (Å²) in [7, 11) is 0. The zero-order chi connectivity index (χ0) is 11.9. The zero-order valence-electron chi connectivity index (χ0n) is 9.77. The summed E-state index contributed by atoms with van der Waals surface area (Å²) in [5.74, 6) is 0. The molecule has 1 aliphatic rings. The lowest BCUT2D eigenvalue weighted by Gasteiger charge is -2.16. The fourth-order valence-electron chi connectivity index (χ4n) is 1.95. The summed E-state index contributed by atoms with van der Waals surface area (Å²) in [5.41, 5.74) is 0.992. The third-order valence-electron chi connectivity index (χ3n) is 2.91. The van der Waals surface area contributed by atoms with E-state index in [1.807, 2.05) is 24.3 Å². The lowest BCUT2D eigenvalue weighted by Crippen LogP contribution is -2.19. The van der Waals surface area contributed by atoms with Gasteiger partial charge < -0.3 is 9.84 Å². The van der Waals surface area contributed by atoms with E-state index >= 15 is 0 Å². The van der Waals surface area contributed by atoms with E-state index in [0.717, 1.165) is 10.0 Å². The Hall–Kier alpha value is -0.380. The van der Waals surface area contributed by atoms with Crippen LogP contribution >= 0.6 is 15.9 Å². The molecule has 1 aromatic rings. The highest BCUT2D eigenvalue weighted by atomic mass is 79.9. The molecule has 0 aromatic heterocycles. The highest BCUT2D eigenvalue weighted by Crippen LogP contribution is 2.45. The van der Waals surface area contributed by atoms with Crippen LogP contribution in [-0.2, 0) is 4.74 Å². The number of ether oxygens (including phenoxy) is 1. The molecule has 0 amide bonds. The molecule has 1 saturated heterocycles. The molecule has 2 nitrogen and oxygen atoms in total. The molecule has 1 heterocycles. The summed E-state index contributed by atoms with van der Waals surface area (Å²) in [4.78, 5) is 0. The molecule has 16 heavy (non-hydrogen) atoms. The summed E-state index contributed by atoms with van der Waals surface area (Å²) in [6.45, 7) is 6.39. The number of benzene rings is 1. The number of epoxide rings is 1. The molecular weight excluding hydrogens is 268 g/mol. The van der Waals surface area contributed by atoms with E-state index in [1.165, 1.54) is 0 Å². The van der Waals surface area contributed by atoms with E-state index in [1.54, 1.807) is 0 Å². The Morgan fingerprint density at radius 2 is 1.94 bits per heavy atom. The standard InChI is InChI=1S/C13H17BrO2/c1-13(2,3)12-11(16-12)10(15)8-6-4-5-7-9(8)14/h4-7,10-12,15H,1-3H3/t10-,11?,12?/m1/s1. The van der Waals surface area contributed by atoms with Gasteiger partial charge in [0.25, 0.3) is 0 Å². The van der Waals surface area contributed by atoms with Gasteiger partial charge in [-0.25, -0.2) is 0 Å². The molecular formula is C13H17BrO2. The van der Waals surface area contributed by atoms with Crippen LogP contribution in [0.5, 0.6) is 0 Å². The van der Waals surface area contributed by atoms with Gasteiger partial charge in [-0.1, -0.05) is 54.9 Å². The first-order valence-electron chi connectivity index (χ1n) is 5.49. The number of halogens is 1. The molecule has 2 rings (SSSR count). The van der Waals surface area contributed by atoms with Gasteiger partial charge in [0.05, 0.1) is 6.10 Å². The van der Waals surface area contributed by atoms with Crippen LogP contribution in [0, 0.1) is 5.41 Å². The van der Waals surface area contributed by atoms with Gasteiger partial charge in [0.1, 0.15) is 12.2 Å². The molecule has 0 aliphatic carbocycles. The van der Waals surface area contributed by atoms with Crippen LogP contribution in [0.2, 0.25) is 0 Å². The smallest absolute Gasteiger partial charge is 0.115 e. The number of aliphatic hydroxyl groups excluding tert-OH is 1. The van der Waals surface area contributed by atoms with Crippen LogP contribution < -0.4 is 0 Å². The topological polar surface area (TPSA) is 32.8 Å². The van der Waals surface area contributed by atoms with Gasteiger partial charge in [0.2, 0.25) is 0 Å². The quantitative estimate of drug-likeness (QED) is 0.846. The molecule has 1 fully saturated rings. The minimum atomic E-state index is -0.542. The Balaban J connectivity index is 2.11. The largest absolute Gasteiger partial charge is 0.386 e. The lowest BCUT2D eigenvalue weighted by molar-refractivity contribution is 0.136. The van der Waals surface area contributed by atoms with Crippen molar-refractivity contribution in [3.05, 3.63) is 34.3 Å². The Labute approximate surface area is 105 Å². The number of rotatable bonds is 2. The molecule has 3 heteroatoms. The fourth-order valence-corrected chi connectivity index (χ4v) is 2.47. The molecule has 1 N–H and O–H groups in total. The van der Waals surface area contributed by atoms with Crippen molar-refractivity contribution in [3.8, 4) is 0 Å². The summed E-state index contributed by atoms with van der Waals surface area (Å²) in [6.07, 6.45) is -0.465. The first-order valence-corrected chi connectivity index (χ1v) is 6.28. The van der Waals surface area contributed by atoms with Crippen molar-refractivity contribution in [2.24, 2.45) is 5.41 Å². The van der Waals surface area contributed by atoms with Crippen molar-refractivity contribution in [3.63, 3.8) is 0 Å². The number of aliphatic hydroxyl groups is 1. The van der Waals surface area contributed by atoms with E-state index < -0.39 is 6.10 Å². The monoisotopic (exact) mass is 284 g/mol. The van der Waals surface area contributed by atoms with Gasteiger partial charge in [-0.15, -0.1) is 0 Å². The normalized spacial score (nSPS) is 26.6. The van der Waals surface area contributed by atoms with E-state index in [9.17, 15) is 5.11 Å². The maximum atomic E-state index is 10.2. The minimum absolute atomic E-state index is 0.0706. The minimum Gasteiger partial charge on any atom is -0.386 e. The highest BCUT2D eigenvalue weighted by Gasteiger charge is 2.51. The second-order valence-corrected chi connectivity index (χ2v) is 6.21. The van der Waals surface area contributed by atoms with Gasteiger partial charge in [-0.05, 0) is 17.0 Å². The van der Waals surface area contributed by atoms with Crippen molar-refractivity contribution in [1.29, 1.82) is 0 Å². The molecule has 1 aromatic carbocycles. The van der Waals surface area contributed by atoms with Crippen LogP contribution in [0.4, 0.5) is 0 Å². The predicted octanol–water partition coefficient (Wildman–Crippen LogP) is 3.30. The molecule has 0 spiro atoms. The molecule has 2 unspecified atom stereocenters. The third kappa shape index (κ3) is 2.31. The van der Waals surface area contributed by atoms with E-state index in [2.05, 4.69) is 36.7 Å². The highest BCUT2D eigenvalue weighted by molar-refractivity contribution is 9.10. The van der Waals surface area contributed by atoms with Crippen molar-refractivity contribution >= 4 is 15.9 Å². The van der Waals surface area contributed by atoms with E-state index in [-0.39, 0.29) is 17.6 Å². The third-order valence-corrected chi connectivity index (χ3v) is 3.64. The van der Waals surface area contributed by atoms with Crippen molar-refractivity contribution in [2.75, 3.05) is 0 Å². The van der Waals surface area contributed by atoms with Crippen molar-refractivity contribution < 1.29 is 9.84 Å². The summed E-state index contributed by atoms with van der Waals surface area (Å²) in [6, 6.07) is 7.73. The Morgan fingerprint density at radius 3 is 2.44 bits per heavy atom. The second-order valence-electron chi connectivity index (χ2n) is 5.35. The molecule has 88 valence electrons. The van der Waals surface area contributed by atoms with Gasteiger partial charge >= 0.3 is 0 Å². The first kappa shape index (κ1) is 12.1. The number of hydrogen-bond acceptors (Lipinski definition) is 2. The lowest BCUT2D eigenvalue weighted by atomic mass is 9.88. The van der Waals surface area contributed by atoms with Crippen LogP contribution in [-0.4, -0.2) is 17.3 Å². The van der Waals surface area contributed by atoms with E-state index in [4.69, 9.17) is 4.74 Å².